The van der Waals surface area contributed by atoms with Gasteiger partial charge in [-0.15, -0.1) is 0 Å². The van der Waals surface area contributed by atoms with E-state index in [1.165, 1.54) is 17.7 Å². The van der Waals surface area contributed by atoms with Gasteiger partial charge in [0.1, 0.15) is 6.04 Å². The summed E-state index contributed by atoms with van der Waals surface area (Å²) in [6, 6.07) is 4.61. The van der Waals surface area contributed by atoms with Gasteiger partial charge < -0.3 is 25.5 Å². The number of likely N-dealkylation sites (tertiary alicyclic amines) is 1. The van der Waals surface area contributed by atoms with Crippen LogP contribution in [0.5, 0.6) is 0 Å². The zero-order chi connectivity index (χ0) is 22.0. The van der Waals surface area contributed by atoms with Crippen LogP contribution in [0.25, 0.3) is 0 Å². The normalized spacial score (nSPS) is 23.1. The molecular formula is C23H32N4O4. The number of nitrogens with one attached hydrogen (secondary N) is 2. The molecule has 2 amide bonds. The smallest absolute Gasteiger partial charge is 0.305 e. The third-order valence-electron chi connectivity index (χ3n) is 7.02. The number of piperidine rings is 2. The molecule has 0 bridgehead atoms. The summed E-state index contributed by atoms with van der Waals surface area (Å²) in [7, 11) is 1.66. The number of likely N-dealkylation sites (N-methyl/N-ethyl adjacent to an activating group) is 1. The van der Waals surface area contributed by atoms with Gasteiger partial charge in [-0.3, -0.25) is 14.4 Å². The highest BCUT2D eigenvalue weighted by atomic mass is 16.4. The molecule has 3 aliphatic heterocycles. The molecule has 31 heavy (non-hydrogen) atoms. The predicted molar refractivity (Wildman–Crippen MR) is 117 cm³/mol. The Balaban J connectivity index is 1.43. The first-order valence-electron chi connectivity index (χ1n) is 11.3. The lowest BCUT2D eigenvalue weighted by Crippen LogP contribution is -2.42. The average molecular weight is 429 g/mol. The molecule has 0 aliphatic carbocycles. The van der Waals surface area contributed by atoms with Gasteiger partial charge in [0.15, 0.2) is 0 Å². The third-order valence-corrected chi connectivity index (χ3v) is 7.02. The quantitative estimate of drug-likeness (QED) is 0.676. The van der Waals surface area contributed by atoms with Crippen molar-refractivity contribution in [3.05, 3.63) is 29.3 Å². The first-order valence-corrected chi connectivity index (χ1v) is 11.3. The van der Waals surface area contributed by atoms with Crippen LogP contribution in [-0.4, -0.2) is 72.0 Å². The summed E-state index contributed by atoms with van der Waals surface area (Å²) in [5, 5.41) is 15.6. The highest BCUT2D eigenvalue weighted by Gasteiger charge is 2.31. The number of aliphatic carboxylic acids is 1. The lowest BCUT2D eigenvalue weighted by atomic mass is 9.79. The summed E-state index contributed by atoms with van der Waals surface area (Å²) < 4.78 is 0. The molecule has 168 valence electrons. The number of hydrogen-bond donors (Lipinski definition) is 3. The summed E-state index contributed by atoms with van der Waals surface area (Å²) in [5.74, 6) is 0.248. The number of benzene rings is 1. The number of rotatable bonds is 4. The number of carboxylic acids is 1. The van der Waals surface area contributed by atoms with Crippen LogP contribution in [0.3, 0.4) is 0 Å². The van der Waals surface area contributed by atoms with E-state index in [0.29, 0.717) is 23.7 Å². The van der Waals surface area contributed by atoms with Crippen molar-refractivity contribution in [1.29, 1.82) is 0 Å². The molecule has 1 unspecified atom stereocenters. The van der Waals surface area contributed by atoms with Crippen LogP contribution >= 0.6 is 0 Å². The molecule has 8 nitrogen and oxygen atoms in total. The monoisotopic (exact) mass is 428 g/mol. The lowest BCUT2D eigenvalue weighted by Gasteiger charge is -2.37. The molecule has 3 N–H and O–H groups in total. The molecule has 1 aromatic carbocycles. The Morgan fingerprint density at radius 2 is 1.77 bits per heavy atom. The molecule has 1 aromatic rings. The second-order valence-corrected chi connectivity index (χ2v) is 9.08. The molecule has 3 heterocycles. The maximum atomic E-state index is 13.1. The van der Waals surface area contributed by atoms with Crippen LogP contribution in [-0.2, 0) is 16.1 Å². The number of carbonyl (C=O) groups is 3. The van der Waals surface area contributed by atoms with Crippen molar-refractivity contribution in [2.75, 3.05) is 38.5 Å². The second kappa shape index (κ2) is 9.26. The molecule has 0 radical (unpaired) electrons. The van der Waals surface area contributed by atoms with Gasteiger partial charge >= 0.3 is 5.97 Å². The third kappa shape index (κ3) is 4.84. The number of anilines is 1. The molecule has 0 saturated carbocycles. The summed E-state index contributed by atoms with van der Waals surface area (Å²) >= 11 is 0. The predicted octanol–water partition coefficient (Wildman–Crippen LogP) is 1.77. The Morgan fingerprint density at radius 3 is 2.45 bits per heavy atom. The molecule has 0 spiro atoms. The first-order chi connectivity index (χ1) is 14.9. The molecule has 0 aromatic heterocycles. The van der Waals surface area contributed by atoms with Crippen molar-refractivity contribution in [3.63, 3.8) is 0 Å². The van der Waals surface area contributed by atoms with E-state index in [-0.39, 0.29) is 18.2 Å². The molecule has 2 fully saturated rings. The van der Waals surface area contributed by atoms with Gasteiger partial charge in [-0.1, -0.05) is 0 Å². The Kier molecular flexibility index (Phi) is 6.46. The zero-order valence-electron chi connectivity index (χ0n) is 18.1. The van der Waals surface area contributed by atoms with Gasteiger partial charge in [0.05, 0.1) is 6.42 Å². The summed E-state index contributed by atoms with van der Waals surface area (Å²) in [4.78, 5) is 40.2. The lowest BCUT2D eigenvalue weighted by molar-refractivity contribution is -0.141. The van der Waals surface area contributed by atoms with E-state index < -0.39 is 12.0 Å². The number of hydrogen-bond acceptors (Lipinski definition) is 5. The largest absolute Gasteiger partial charge is 0.481 e. The average Bonchev–Trinajstić information content (AvgIpc) is 2.89. The Labute approximate surface area is 183 Å². The molecule has 8 heteroatoms. The number of amides is 2. The summed E-state index contributed by atoms with van der Waals surface area (Å²) in [5.41, 5.74) is 2.17. The van der Waals surface area contributed by atoms with Crippen molar-refractivity contribution in [2.24, 2.45) is 11.8 Å². The van der Waals surface area contributed by atoms with E-state index in [9.17, 15) is 14.4 Å². The zero-order valence-corrected chi connectivity index (χ0v) is 18.1. The number of nitrogens with zero attached hydrogens (tertiary/aromatic N) is 2. The fraction of sp³-hybridized carbons (Fsp3) is 0.609. The fourth-order valence-electron chi connectivity index (χ4n) is 5.23. The van der Waals surface area contributed by atoms with Crippen molar-refractivity contribution in [1.82, 2.24) is 15.1 Å². The standard InChI is InChI=1S/C23H32N4O4/c1-26-14-18-12-17(2-3-19(18)25-20(23(26)31)13-21(28)29)22(30)27-10-6-16(7-11-27)15-4-8-24-9-5-15/h2-3,12,15-16,20,24-25H,4-11,13-14H2,1H3,(H,28,29). The van der Waals surface area contributed by atoms with E-state index in [4.69, 9.17) is 5.11 Å². The Bertz CT molecular complexity index is 844. The second-order valence-electron chi connectivity index (χ2n) is 9.08. The molecule has 3 aliphatic rings. The van der Waals surface area contributed by atoms with Crippen molar-refractivity contribution < 1.29 is 19.5 Å². The Morgan fingerprint density at radius 1 is 1.10 bits per heavy atom. The van der Waals surface area contributed by atoms with E-state index in [1.54, 1.807) is 19.2 Å². The van der Waals surface area contributed by atoms with Crippen LogP contribution < -0.4 is 10.6 Å². The summed E-state index contributed by atoms with van der Waals surface area (Å²) in [6.07, 6.45) is 4.33. The van der Waals surface area contributed by atoms with Gasteiger partial charge in [-0.25, -0.2) is 0 Å². The Hall–Kier alpha value is -2.61. The first kappa shape index (κ1) is 21.6. The molecule has 4 rings (SSSR count). The highest BCUT2D eigenvalue weighted by Crippen LogP contribution is 2.32. The number of carbonyl (C=O) groups excluding carboxylic acids is 2. The van der Waals surface area contributed by atoms with Crippen LogP contribution in [0.1, 0.15) is 48.0 Å². The fourth-order valence-corrected chi connectivity index (χ4v) is 5.23. The SMILES string of the molecule is CN1Cc2cc(C(=O)N3CCC(C4CCNCC4)CC3)ccc2NC(CC(=O)O)C1=O. The molecular weight excluding hydrogens is 396 g/mol. The van der Waals surface area contributed by atoms with Crippen LogP contribution in [0.15, 0.2) is 18.2 Å². The maximum absolute atomic E-state index is 13.1. The highest BCUT2D eigenvalue weighted by molar-refractivity contribution is 5.96. The number of fused-ring (bicyclic) bond motifs is 1. The van der Waals surface area contributed by atoms with E-state index in [0.717, 1.165) is 50.5 Å². The molecule has 2 saturated heterocycles. The minimum absolute atomic E-state index is 0.0341. The molecule has 1 atom stereocenters. The van der Waals surface area contributed by atoms with Crippen molar-refractivity contribution in [3.8, 4) is 0 Å². The maximum Gasteiger partial charge on any atom is 0.305 e. The van der Waals surface area contributed by atoms with Crippen LogP contribution in [0, 0.1) is 11.8 Å². The van der Waals surface area contributed by atoms with Crippen LogP contribution in [0.2, 0.25) is 0 Å². The number of carboxylic acid groups (broad SMARTS) is 1. The minimum atomic E-state index is -1.03. The van der Waals surface area contributed by atoms with Gasteiger partial charge in [0.2, 0.25) is 5.91 Å². The van der Waals surface area contributed by atoms with Gasteiger partial charge in [-0.05, 0) is 74.4 Å². The van der Waals surface area contributed by atoms with Crippen molar-refractivity contribution >= 4 is 23.5 Å². The van der Waals surface area contributed by atoms with E-state index >= 15 is 0 Å². The summed E-state index contributed by atoms with van der Waals surface area (Å²) in [6.45, 7) is 4.15. The topological polar surface area (TPSA) is 102 Å². The van der Waals surface area contributed by atoms with E-state index in [2.05, 4.69) is 10.6 Å². The van der Waals surface area contributed by atoms with Gasteiger partial charge in [-0.2, -0.15) is 0 Å². The van der Waals surface area contributed by atoms with Gasteiger partial charge in [0, 0.05) is 37.9 Å². The van der Waals surface area contributed by atoms with Crippen molar-refractivity contribution in [2.45, 2.75) is 44.7 Å². The van der Waals surface area contributed by atoms with Gasteiger partial charge in [0.25, 0.3) is 5.91 Å². The van der Waals surface area contributed by atoms with E-state index in [1.807, 2.05) is 11.0 Å². The minimum Gasteiger partial charge on any atom is -0.481 e. The van der Waals surface area contributed by atoms with Crippen LogP contribution in [0.4, 0.5) is 5.69 Å².